The van der Waals surface area contributed by atoms with Gasteiger partial charge >= 0.3 is 0 Å². The monoisotopic (exact) mass is 278 g/mol. The van der Waals surface area contributed by atoms with E-state index in [2.05, 4.69) is 9.71 Å². The largest absolute Gasteiger partial charge is 0.451 e. The Morgan fingerprint density at radius 1 is 1.26 bits per heavy atom. The number of oxazole rings is 1. The molecular weight excluding hydrogens is 264 g/mol. The third kappa shape index (κ3) is 2.54. The van der Waals surface area contributed by atoms with Gasteiger partial charge in [0.2, 0.25) is 10.0 Å². The number of fused-ring (bicyclic) bond motifs is 1. The lowest BCUT2D eigenvalue weighted by atomic mass is 10.1. The van der Waals surface area contributed by atoms with Crippen molar-refractivity contribution in [2.24, 2.45) is 0 Å². The van der Waals surface area contributed by atoms with E-state index >= 15 is 0 Å². The Hall–Kier alpha value is -1.66. The van der Waals surface area contributed by atoms with Crippen LogP contribution in [0.15, 0.2) is 40.2 Å². The highest BCUT2D eigenvalue weighted by Gasteiger charge is 2.18. The lowest BCUT2D eigenvalue weighted by molar-refractivity contribution is 0.555. The number of hydrogen-bond acceptors (Lipinski definition) is 4. The van der Waals surface area contributed by atoms with Crippen molar-refractivity contribution in [3.05, 3.63) is 47.7 Å². The summed E-state index contributed by atoms with van der Waals surface area (Å²) >= 11 is 0. The number of rotatable bonds is 4. The van der Waals surface area contributed by atoms with Crippen LogP contribution in [0.1, 0.15) is 23.2 Å². The van der Waals surface area contributed by atoms with Crippen molar-refractivity contribution in [3.8, 4) is 0 Å². The maximum atomic E-state index is 12.2. The van der Waals surface area contributed by atoms with Gasteiger partial charge in [-0.15, -0.1) is 0 Å². The highest BCUT2D eigenvalue weighted by Crippen LogP contribution is 2.24. The van der Waals surface area contributed by atoms with Crippen LogP contribution in [-0.4, -0.2) is 13.4 Å². The predicted octanol–water partition coefficient (Wildman–Crippen LogP) is 1.64. The maximum absolute atomic E-state index is 12.2. The molecule has 0 radical (unpaired) electrons. The van der Waals surface area contributed by atoms with Gasteiger partial charge in [0.1, 0.15) is 6.26 Å². The molecule has 1 aromatic carbocycles. The molecule has 0 fully saturated rings. The standard InChI is InChI=1S/C13H14N2O3S/c16-19(17,15-7-12-8-18-9-14-12)13-5-4-10-2-1-3-11(10)6-13/h4-6,8-9,15H,1-3,7H2. The van der Waals surface area contributed by atoms with Crippen molar-refractivity contribution in [3.63, 3.8) is 0 Å². The molecular formula is C13H14N2O3S. The van der Waals surface area contributed by atoms with Gasteiger partial charge in [0.05, 0.1) is 17.1 Å². The average molecular weight is 278 g/mol. The molecule has 1 N–H and O–H groups in total. The topological polar surface area (TPSA) is 72.2 Å². The first-order valence-corrected chi connectivity index (χ1v) is 7.62. The summed E-state index contributed by atoms with van der Waals surface area (Å²) in [6, 6.07) is 5.34. The Labute approximate surface area is 111 Å². The van der Waals surface area contributed by atoms with Gasteiger partial charge in [-0.25, -0.2) is 18.1 Å². The van der Waals surface area contributed by atoms with E-state index in [9.17, 15) is 8.42 Å². The summed E-state index contributed by atoms with van der Waals surface area (Å²) in [5.74, 6) is 0. The fourth-order valence-electron chi connectivity index (χ4n) is 2.29. The Balaban J connectivity index is 1.80. The molecule has 0 spiro atoms. The maximum Gasteiger partial charge on any atom is 0.240 e. The van der Waals surface area contributed by atoms with Gasteiger partial charge in [0.15, 0.2) is 6.39 Å². The van der Waals surface area contributed by atoms with E-state index in [0.717, 1.165) is 24.8 Å². The van der Waals surface area contributed by atoms with Gasteiger partial charge in [-0.05, 0) is 42.5 Å². The van der Waals surface area contributed by atoms with Crippen LogP contribution in [0.2, 0.25) is 0 Å². The van der Waals surface area contributed by atoms with Crippen molar-refractivity contribution in [2.45, 2.75) is 30.7 Å². The van der Waals surface area contributed by atoms with E-state index in [1.807, 2.05) is 6.07 Å². The van der Waals surface area contributed by atoms with E-state index in [0.29, 0.717) is 10.6 Å². The van der Waals surface area contributed by atoms with Crippen LogP contribution in [-0.2, 0) is 29.4 Å². The highest BCUT2D eigenvalue weighted by atomic mass is 32.2. The SMILES string of the molecule is O=S(=O)(NCc1cocn1)c1ccc2c(c1)CCC2. The minimum Gasteiger partial charge on any atom is -0.451 e. The first kappa shape index (κ1) is 12.4. The molecule has 0 aliphatic heterocycles. The van der Waals surface area contributed by atoms with Crippen molar-refractivity contribution in [1.29, 1.82) is 0 Å². The van der Waals surface area contributed by atoms with Crippen molar-refractivity contribution >= 4 is 10.0 Å². The zero-order valence-electron chi connectivity index (χ0n) is 10.3. The summed E-state index contributed by atoms with van der Waals surface area (Å²) in [7, 11) is -3.49. The second-order valence-corrected chi connectivity index (χ2v) is 6.36. The molecule has 19 heavy (non-hydrogen) atoms. The van der Waals surface area contributed by atoms with Crippen molar-refractivity contribution in [1.82, 2.24) is 9.71 Å². The number of aromatic nitrogens is 1. The van der Waals surface area contributed by atoms with E-state index in [1.54, 1.807) is 12.1 Å². The van der Waals surface area contributed by atoms with E-state index in [-0.39, 0.29) is 6.54 Å². The molecule has 100 valence electrons. The van der Waals surface area contributed by atoms with Crippen LogP contribution in [0.3, 0.4) is 0 Å². The van der Waals surface area contributed by atoms with E-state index < -0.39 is 10.0 Å². The number of hydrogen-bond donors (Lipinski definition) is 1. The van der Waals surface area contributed by atoms with Crippen molar-refractivity contribution < 1.29 is 12.8 Å². The second kappa shape index (κ2) is 4.79. The number of nitrogens with one attached hydrogen (secondary N) is 1. The minimum absolute atomic E-state index is 0.135. The lowest BCUT2D eigenvalue weighted by Crippen LogP contribution is -2.23. The van der Waals surface area contributed by atoms with Gasteiger partial charge < -0.3 is 4.42 Å². The average Bonchev–Trinajstić information content (AvgIpc) is 3.06. The number of benzene rings is 1. The quantitative estimate of drug-likeness (QED) is 0.923. The molecule has 0 unspecified atom stereocenters. The zero-order chi connectivity index (χ0) is 13.3. The third-order valence-electron chi connectivity index (χ3n) is 3.31. The molecule has 1 aromatic heterocycles. The Morgan fingerprint density at radius 2 is 2.11 bits per heavy atom. The summed E-state index contributed by atoms with van der Waals surface area (Å²) in [6.45, 7) is 0.135. The molecule has 5 nitrogen and oxygen atoms in total. The number of nitrogens with zero attached hydrogens (tertiary/aromatic N) is 1. The van der Waals surface area contributed by atoms with Gasteiger partial charge in [0, 0.05) is 0 Å². The molecule has 3 rings (SSSR count). The van der Waals surface area contributed by atoms with Crippen LogP contribution >= 0.6 is 0 Å². The molecule has 1 aliphatic rings. The second-order valence-electron chi connectivity index (χ2n) is 4.59. The van der Waals surface area contributed by atoms with Crippen LogP contribution < -0.4 is 4.72 Å². The summed E-state index contributed by atoms with van der Waals surface area (Å²) < 4.78 is 31.6. The minimum atomic E-state index is -3.49. The Morgan fingerprint density at radius 3 is 2.89 bits per heavy atom. The van der Waals surface area contributed by atoms with E-state index in [1.165, 1.54) is 18.2 Å². The summed E-state index contributed by atoms with van der Waals surface area (Å²) in [5.41, 5.74) is 2.96. The molecule has 6 heteroatoms. The zero-order valence-corrected chi connectivity index (χ0v) is 11.1. The first-order valence-electron chi connectivity index (χ1n) is 6.14. The fraction of sp³-hybridized carbons (Fsp3) is 0.308. The van der Waals surface area contributed by atoms with Gasteiger partial charge in [-0.2, -0.15) is 0 Å². The number of aryl methyl sites for hydroxylation is 2. The first-order chi connectivity index (χ1) is 9.15. The van der Waals surface area contributed by atoms with Crippen LogP contribution in [0.5, 0.6) is 0 Å². The molecule has 1 aliphatic carbocycles. The van der Waals surface area contributed by atoms with Gasteiger partial charge in [0.25, 0.3) is 0 Å². The fourth-order valence-corrected chi connectivity index (χ4v) is 3.34. The summed E-state index contributed by atoms with van der Waals surface area (Å²) in [4.78, 5) is 4.19. The Bertz CT molecular complexity index is 678. The summed E-state index contributed by atoms with van der Waals surface area (Å²) in [6.07, 6.45) is 5.81. The van der Waals surface area contributed by atoms with E-state index in [4.69, 9.17) is 4.42 Å². The van der Waals surface area contributed by atoms with Crippen LogP contribution in [0.25, 0.3) is 0 Å². The third-order valence-corrected chi connectivity index (χ3v) is 4.71. The van der Waals surface area contributed by atoms with Crippen LogP contribution in [0.4, 0.5) is 0 Å². The molecule has 1 heterocycles. The van der Waals surface area contributed by atoms with Gasteiger partial charge in [-0.3, -0.25) is 0 Å². The normalized spacial score (nSPS) is 14.5. The van der Waals surface area contributed by atoms with Gasteiger partial charge in [-0.1, -0.05) is 6.07 Å². The molecule has 0 atom stereocenters. The highest BCUT2D eigenvalue weighted by molar-refractivity contribution is 7.89. The number of sulfonamides is 1. The molecule has 0 bridgehead atoms. The van der Waals surface area contributed by atoms with Crippen molar-refractivity contribution in [2.75, 3.05) is 0 Å². The molecule has 2 aromatic rings. The Kier molecular flexibility index (Phi) is 3.12. The molecule has 0 amide bonds. The molecule has 0 saturated heterocycles. The smallest absolute Gasteiger partial charge is 0.240 e. The van der Waals surface area contributed by atoms with Crippen LogP contribution in [0, 0.1) is 0 Å². The summed E-state index contributed by atoms with van der Waals surface area (Å²) in [5, 5.41) is 0. The lowest BCUT2D eigenvalue weighted by Gasteiger charge is -2.07. The predicted molar refractivity (Wildman–Crippen MR) is 69.0 cm³/mol. The molecule has 0 saturated carbocycles.